The summed E-state index contributed by atoms with van der Waals surface area (Å²) in [4.78, 5) is 12.9. The summed E-state index contributed by atoms with van der Waals surface area (Å²) in [5.41, 5.74) is 0.963. The molecular weight excluding hydrogens is 310 g/mol. The number of hydrogen-bond acceptors (Lipinski definition) is 4. The molecule has 3 rings (SSSR count). The lowest BCUT2D eigenvalue weighted by molar-refractivity contribution is 0.0235. The van der Waals surface area contributed by atoms with E-state index in [0.29, 0.717) is 22.1 Å². The average molecular weight is 326 g/mol. The van der Waals surface area contributed by atoms with Crippen LogP contribution in [-0.4, -0.2) is 26.9 Å². The van der Waals surface area contributed by atoms with Crippen molar-refractivity contribution in [3.8, 4) is 0 Å². The fourth-order valence-corrected chi connectivity index (χ4v) is 3.57. The minimum atomic E-state index is -0.262. The molecule has 1 aliphatic carbocycles. The predicted octanol–water partition coefficient (Wildman–Crippen LogP) is 2.38. The topological polar surface area (TPSA) is 67.2 Å². The third kappa shape index (κ3) is 3.12. The van der Waals surface area contributed by atoms with Crippen LogP contribution in [0.5, 0.6) is 0 Å². The van der Waals surface area contributed by atoms with E-state index in [0.717, 1.165) is 5.56 Å². The summed E-state index contributed by atoms with van der Waals surface area (Å²) >= 11 is 7.13. The van der Waals surface area contributed by atoms with Gasteiger partial charge >= 0.3 is 0 Å². The molecule has 0 aromatic carbocycles. The molecule has 0 saturated heterocycles. The Morgan fingerprint density at radius 2 is 2.33 bits per heavy atom. The van der Waals surface area contributed by atoms with Crippen LogP contribution >= 0.6 is 22.9 Å². The Bertz CT molecular complexity index is 648. The zero-order chi connectivity index (χ0) is 15.0. The number of aliphatic hydroxyl groups is 1. The Balaban J connectivity index is 1.77. The van der Waals surface area contributed by atoms with Crippen molar-refractivity contribution in [1.82, 2.24) is 15.1 Å². The van der Waals surface area contributed by atoms with Crippen LogP contribution < -0.4 is 5.32 Å². The molecule has 0 spiro atoms. The summed E-state index contributed by atoms with van der Waals surface area (Å²) in [6.07, 6.45) is 4.80. The molecular formula is C14H16ClN3O2S. The monoisotopic (exact) mass is 325 g/mol. The fourth-order valence-electron chi connectivity index (χ4n) is 2.62. The molecule has 0 radical (unpaired) electrons. The first-order valence-corrected chi connectivity index (χ1v) is 7.95. The highest BCUT2D eigenvalue weighted by atomic mass is 35.5. The summed E-state index contributed by atoms with van der Waals surface area (Å²) in [6.45, 7) is 0. The maximum absolute atomic E-state index is 12.3. The normalized spacial score (nSPS) is 22.6. The molecule has 1 unspecified atom stereocenters. The summed E-state index contributed by atoms with van der Waals surface area (Å²) in [5.74, 6) is 0.103. The van der Waals surface area contributed by atoms with E-state index in [-0.39, 0.29) is 24.0 Å². The molecule has 2 heterocycles. The molecule has 5 nitrogen and oxygen atoms in total. The minimum Gasteiger partial charge on any atom is -0.393 e. The highest BCUT2D eigenvalue weighted by Gasteiger charge is 2.36. The van der Waals surface area contributed by atoms with Gasteiger partial charge in [0.05, 0.1) is 27.6 Å². The molecule has 0 bridgehead atoms. The van der Waals surface area contributed by atoms with Crippen LogP contribution in [0.2, 0.25) is 4.34 Å². The Kier molecular flexibility index (Phi) is 4.01. The van der Waals surface area contributed by atoms with Gasteiger partial charge in [-0.05, 0) is 30.9 Å². The van der Waals surface area contributed by atoms with E-state index < -0.39 is 0 Å². The standard InChI is InChI=1S/C14H16ClN3O2S/c1-18-7-9(6-16-18)13(8-4-10(19)5-8)17-14(20)11-2-3-12(15)21-11/h2-3,6-8,10,13,19H,4-5H2,1H3,(H,17,20). The number of aliphatic hydroxyl groups excluding tert-OH is 1. The second kappa shape index (κ2) is 5.79. The quantitative estimate of drug-likeness (QED) is 0.907. The first-order valence-electron chi connectivity index (χ1n) is 6.75. The number of halogens is 1. The smallest absolute Gasteiger partial charge is 0.261 e. The molecule has 2 aromatic heterocycles. The molecule has 2 aromatic rings. The summed E-state index contributed by atoms with van der Waals surface area (Å²) in [6, 6.07) is 3.31. The van der Waals surface area contributed by atoms with E-state index in [1.54, 1.807) is 23.0 Å². The van der Waals surface area contributed by atoms with Crippen molar-refractivity contribution in [2.45, 2.75) is 25.0 Å². The fraction of sp³-hybridized carbons (Fsp3) is 0.429. The molecule has 1 aliphatic rings. The largest absolute Gasteiger partial charge is 0.393 e. The predicted molar refractivity (Wildman–Crippen MR) is 81.5 cm³/mol. The SMILES string of the molecule is Cn1cc(C(NC(=O)c2ccc(Cl)s2)C2CC(O)C2)cn1. The molecule has 1 atom stereocenters. The lowest BCUT2D eigenvalue weighted by Crippen LogP contribution is -2.41. The van der Waals surface area contributed by atoms with Gasteiger partial charge in [-0.3, -0.25) is 9.48 Å². The zero-order valence-corrected chi connectivity index (χ0v) is 13.1. The van der Waals surface area contributed by atoms with Gasteiger partial charge in [0, 0.05) is 18.8 Å². The number of nitrogens with one attached hydrogen (secondary N) is 1. The van der Waals surface area contributed by atoms with Gasteiger partial charge in [-0.25, -0.2) is 0 Å². The van der Waals surface area contributed by atoms with E-state index >= 15 is 0 Å². The van der Waals surface area contributed by atoms with Crippen LogP contribution in [0, 0.1) is 5.92 Å². The second-order valence-electron chi connectivity index (χ2n) is 5.39. The number of aromatic nitrogens is 2. The van der Waals surface area contributed by atoms with Crippen molar-refractivity contribution < 1.29 is 9.90 Å². The van der Waals surface area contributed by atoms with Crippen LogP contribution in [0.15, 0.2) is 24.5 Å². The molecule has 0 aliphatic heterocycles. The van der Waals surface area contributed by atoms with Gasteiger partial charge in [-0.15, -0.1) is 11.3 Å². The van der Waals surface area contributed by atoms with Crippen molar-refractivity contribution in [2.75, 3.05) is 0 Å². The van der Waals surface area contributed by atoms with Crippen LogP contribution in [0.25, 0.3) is 0 Å². The highest BCUT2D eigenvalue weighted by molar-refractivity contribution is 7.17. The summed E-state index contributed by atoms with van der Waals surface area (Å²) in [7, 11) is 1.84. The van der Waals surface area contributed by atoms with Crippen molar-refractivity contribution in [2.24, 2.45) is 13.0 Å². The number of thiophene rings is 1. The third-order valence-electron chi connectivity index (χ3n) is 3.79. The molecule has 7 heteroatoms. The molecule has 112 valence electrons. The maximum Gasteiger partial charge on any atom is 0.261 e. The van der Waals surface area contributed by atoms with Crippen LogP contribution in [0.1, 0.15) is 34.1 Å². The third-order valence-corrected chi connectivity index (χ3v) is 5.02. The Labute approximate surface area is 131 Å². The maximum atomic E-state index is 12.3. The van der Waals surface area contributed by atoms with Crippen LogP contribution in [0.4, 0.5) is 0 Å². The second-order valence-corrected chi connectivity index (χ2v) is 7.10. The lowest BCUT2D eigenvalue weighted by atomic mass is 9.75. The van der Waals surface area contributed by atoms with E-state index in [4.69, 9.17) is 11.6 Å². The molecule has 1 amide bonds. The van der Waals surface area contributed by atoms with Gasteiger partial charge in [0.1, 0.15) is 0 Å². The number of rotatable bonds is 4. The van der Waals surface area contributed by atoms with E-state index in [2.05, 4.69) is 10.4 Å². The van der Waals surface area contributed by atoms with Crippen molar-refractivity contribution in [3.63, 3.8) is 0 Å². The number of carbonyl (C=O) groups excluding carboxylic acids is 1. The van der Waals surface area contributed by atoms with E-state index in [9.17, 15) is 9.90 Å². The average Bonchev–Trinajstić information content (AvgIpc) is 3.01. The van der Waals surface area contributed by atoms with Crippen molar-refractivity contribution in [1.29, 1.82) is 0 Å². The zero-order valence-electron chi connectivity index (χ0n) is 11.5. The van der Waals surface area contributed by atoms with E-state index in [1.807, 2.05) is 13.2 Å². The summed E-state index contributed by atoms with van der Waals surface area (Å²) in [5, 5.41) is 16.7. The minimum absolute atomic E-state index is 0.129. The number of nitrogens with zero attached hydrogens (tertiary/aromatic N) is 2. The van der Waals surface area contributed by atoms with Crippen molar-refractivity contribution in [3.05, 3.63) is 39.3 Å². The van der Waals surface area contributed by atoms with E-state index in [1.165, 1.54) is 11.3 Å². The summed E-state index contributed by atoms with van der Waals surface area (Å²) < 4.78 is 2.31. The first kappa shape index (κ1) is 14.6. The number of carbonyl (C=O) groups is 1. The van der Waals surface area contributed by atoms with Gasteiger partial charge < -0.3 is 10.4 Å². The number of amides is 1. The van der Waals surface area contributed by atoms with Gasteiger partial charge in [0.15, 0.2) is 0 Å². The van der Waals surface area contributed by atoms with Gasteiger partial charge in [-0.2, -0.15) is 5.10 Å². The van der Waals surface area contributed by atoms with Gasteiger partial charge in [0.2, 0.25) is 0 Å². The highest BCUT2D eigenvalue weighted by Crippen LogP contribution is 2.38. The lowest BCUT2D eigenvalue weighted by Gasteiger charge is -2.37. The van der Waals surface area contributed by atoms with Crippen LogP contribution in [-0.2, 0) is 7.05 Å². The first-order chi connectivity index (χ1) is 10.0. The van der Waals surface area contributed by atoms with Gasteiger partial charge in [-0.1, -0.05) is 11.6 Å². The Morgan fingerprint density at radius 3 is 2.86 bits per heavy atom. The number of aryl methyl sites for hydroxylation is 1. The Hall–Kier alpha value is -1.37. The molecule has 1 fully saturated rings. The number of hydrogen-bond donors (Lipinski definition) is 2. The molecule has 1 saturated carbocycles. The molecule has 2 N–H and O–H groups in total. The van der Waals surface area contributed by atoms with Gasteiger partial charge in [0.25, 0.3) is 5.91 Å². The van der Waals surface area contributed by atoms with Crippen LogP contribution in [0.3, 0.4) is 0 Å². The van der Waals surface area contributed by atoms with Crippen molar-refractivity contribution >= 4 is 28.8 Å². The molecule has 21 heavy (non-hydrogen) atoms. The Morgan fingerprint density at radius 1 is 1.57 bits per heavy atom.